The predicted octanol–water partition coefficient (Wildman–Crippen LogP) is 2.35. The van der Waals surface area contributed by atoms with Crippen LogP contribution in [0.4, 0.5) is 10.1 Å². The second-order valence-corrected chi connectivity index (χ2v) is 6.33. The van der Waals surface area contributed by atoms with E-state index in [1.165, 1.54) is 30.0 Å². The summed E-state index contributed by atoms with van der Waals surface area (Å²) < 4.78 is 18.3. The van der Waals surface area contributed by atoms with E-state index in [2.05, 4.69) is 10.6 Å². The summed E-state index contributed by atoms with van der Waals surface area (Å²) >= 11 is 1.26. The van der Waals surface area contributed by atoms with Crippen molar-refractivity contribution in [1.29, 1.82) is 5.26 Å². The summed E-state index contributed by atoms with van der Waals surface area (Å²) in [5.74, 6) is -2.65. The SMILES string of the molecule is N#CCSc1ccccc1NC(=O)COC(=O)CNC(=O)c1ccccc1F. The average molecular weight is 401 g/mol. The summed E-state index contributed by atoms with van der Waals surface area (Å²) in [6, 6.07) is 14.2. The number of para-hydroxylation sites is 1. The lowest BCUT2D eigenvalue weighted by molar-refractivity contribution is -0.146. The normalized spacial score (nSPS) is 9.86. The summed E-state index contributed by atoms with van der Waals surface area (Å²) in [5.41, 5.74) is 0.302. The first-order chi connectivity index (χ1) is 13.5. The summed E-state index contributed by atoms with van der Waals surface area (Å²) in [6.07, 6.45) is 0. The number of carbonyl (C=O) groups is 3. The van der Waals surface area contributed by atoms with Gasteiger partial charge in [-0.2, -0.15) is 5.26 Å². The predicted molar refractivity (Wildman–Crippen MR) is 101 cm³/mol. The molecule has 0 aliphatic carbocycles. The van der Waals surface area contributed by atoms with Gasteiger partial charge in [-0.05, 0) is 24.3 Å². The maximum absolute atomic E-state index is 13.5. The van der Waals surface area contributed by atoms with Gasteiger partial charge in [0.1, 0.15) is 12.4 Å². The van der Waals surface area contributed by atoms with Crippen molar-refractivity contribution in [2.24, 2.45) is 0 Å². The fourth-order valence-electron chi connectivity index (χ4n) is 2.08. The van der Waals surface area contributed by atoms with E-state index in [0.29, 0.717) is 10.6 Å². The van der Waals surface area contributed by atoms with Gasteiger partial charge in [-0.1, -0.05) is 24.3 Å². The van der Waals surface area contributed by atoms with E-state index in [-0.39, 0.29) is 11.3 Å². The number of benzene rings is 2. The standard InChI is InChI=1S/C19H16FN3O4S/c20-14-6-2-1-5-13(14)19(26)22-11-18(25)27-12-17(24)23-15-7-3-4-8-16(15)28-10-9-21/h1-8H,10-12H2,(H,22,26)(H,23,24). The van der Waals surface area contributed by atoms with Gasteiger partial charge in [0.2, 0.25) is 0 Å². The van der Waals surface area contributed by atoms with Gasteiger partial charge in [-0.25, -0.2) is 4.39 Å². The van der Waals surface area contributed by atoms with E-state index in [1.54, 1.807) is 24.3 Å². The smallest absolute Gasteiger partial charge is 0.325 e. The highest BCUT2D eigenvalue weighted by Crippen LogP contribution is 2.26. The summed E-state index contributed by atoms with van der Waals surface area (Å²) in [6.45, 7) is -1.05. The number of ether oxygens (including phenoxy) is 1. The monoisotopic (exact) mass is 401 g/mol. The minimum absolute atomic E-state index is 0.195. The highest BCUT2D eigenvalue weighted by atomic mass is 32.2. The van der Waals surface area contributed by atoms with Crippen LogP contribution in [0.15, 0.2) is 53.4 Å². The molecule has 0 unspecified atom stereocenters. The van der Waals surface area contributed by atoms with Gasteiger partial charge in [-0.15, -0.1) is 11.8 Å². The molecule has 0 heterocycles. The molecule has 0 aliphatic heterocycles. The third-order valence-corrected chi connectivity index (χ3v) is 4.27. The van der Waals surface area contributed by atoms with Crippen molar-refractivity contribution >= 4 is 35.2 Å². The van der Waals surface area contributed by atoms with Gasteiger partial charge >= 0.3 is 5.97 Å². The molecule has 0 saturated heterocycles. The van der Waals surface area contributed by atoms with Crippen molar-refractivity contribution in [2.75, 3.05) is 24.2 Å². The first-order valence-corrected chi connectivity index (χ1v) is 9.07. The van der Waals surface area contributed by atoms with E-state index >= 15 is 0 Å². The highest BCUT2D eigenvalue weighted by molar-refractivity contribution is 7.99. The minimum Gasteiger partial charge on any atom is -0.454 e. The molecule has 0 aliphatic rings. The molecule has 9 heteroatoms. The topological polar surface area (TPSA) is 108 Å². The molecule has 2 aromatic rings. The van der Waals surface area contributed by atoms with Crippen molar-refractivity contribution in [2.45, 2.75) is 4.90 Å². The highest BCUT2D eigenvalue weighted by Gasteiger charge is 2.14. The Kier molecular flexibility index (Phi) is 7.99. The molecule has 0 spiro atoms. The lowest BCUT2D eigenvalue weighted by Crippen LogP contribution is -2.32. The van der Waals surface area contributed by atoms with Crippen molar-refractivity contribution in [3.05, 3.63) is 59.9 Å². The Balaban J connectivity index is 1.78. The molecule has 0 aromatic heterocycles. The van der Waals surface area contributed by atoms with Crippen LogP contribution in [0, 0.1) is 17.1 Å². The number of nitrogens with one attached hydrogen (secondary N) is 2. The number of halogens is 1. The van der Waals surface area contributed by atoms with Crippen LogP contribution in [0.1, 0.15) is 10.4 Å². The number of amides is 2. The fraction of sp³-hybridized carbons (Fsp3) is 0.158. The fourth-order valence-corrected chi connectivity index (χ4v) is 2.75. The van der Waals surface area contributed by atoms with Crippen LogP contribution in [0.3, 0.4) is 0 Å². The third kappa shape index (κ3) is 6.41. The maximum atomic E-state index is 13.5. The molecular weight excluding hydrogens is 385 g/mol. The van der Waals surface area contributed by atoms with Crippen LogP contribution in [-0.4, -0.2) is 36.7 Å². The van der Waals surface area contributed by atoms with Crippen LogP contribution in [-0.2, 0) is 14.3 Å². The van der Waals surface area contributed by atoms with Gasteiger partial charge < -0.3 is 15.4 Å². The van der Waals surface area contributed by atoms with Crippen molar-refractivity contribution in [1.82, 2.24) is 5.32 Å². The van der Waals surface area contributed by atoms with E-state index in [1.807, 2.05) is 6.07 Å². The molecule has 2 N–H and O–H groups in total. The number of hydrogen-bond donors (Lipinski definition) is 2. The first-order valence-electron chi connectivity index (χ1n) is 8.08. The Bertz CT molecular complexity index is 914. The van der Waals surface area contributed by atoms with Crippen molar-refractivity contribution in [3.8, 4) is 6.07 Å². The van der Waals surface area contributed by atoms with E-state index in [4.69, 9.17) is 10.00 Å². The molecule has 0 fully saturated rings. The van der Waals surface area contributed by atoms with E-state index < -0.39 is 36.8 Å². The van der Waals surface area contributed by atoms with Gasteiger partial charge in [0.05, 0.1) is 23.1 Å². The molecule has 7 nitrogen and oxygen atoms in total. The van der Waals surface area contributed by atoms with Crippen molar-refractivity contribution < 1.29 is 23.5 Å². The van der Waals surface area contributed by atoms with Gasteiger partial charge in [0.15, 0.2) is 6.61 Å². The summed E-state index contributed by atoms with van der Waals surface area (Å²) in [5, 5.41) is 13.5. The van der Waals surface area contributed by atoms with Crippen LogP contribution < -0.4 is 10.6 Å². The molecule has 2 aromatic carbocycles. The zero-order valence-corrected chi connectivity index (χ0v) is 15.4. The molecule has 2 amide bonds. The third-order valence-electron chi connectivity index (χ3n) is 3.33. The quantitative estimate of drug-likeness (QED) is 0.519. The number of hydrogen-bond acceptors (Lipinski definition) is 6. The summed E-state index contributed by atoms with van der Waals surface area (Å²) in [7, 11) is 0. The molecule has 2 rings (SSSR count). The summed E-state index contributed by atoms with van der Waals surface area (Å²) in [4.78, 5) is 36.1. The zero-order chi connectivity index (χ0) is 20.4. The molecular formula is C19H16FN3O4S. The van der Waals surface area contributed by atoms with Crippen molar-refractivity contribution in [3.63, 3.8) is 0 Å². The van der Waals surface area contributed by atoms with Gasteiger partial charge in [0, 0.05) is 4.90 Å². The number of carbonyl (C=O) groups excluding carboxylic acids is 3. The first kappa shape index (κ1) is 20.9. The Hall–Kier alpha value is -3.38. The molecule has 0 atom stereocenters. The lowest BCUT2D eigenvalue weighted by Gasteiger charge is -2.10. The van der Waals surface area contributed by atoms with Crippen LogP contribution in [0.2, 0.25) is 0 Å². The zero-order valence-electron chi connectivity index (χ0n) is 14.6. The molecule has 0 saturated carbocycles. The van der Waals surface area contributed by atoms with E-state index in [0.717, 1.165) is 6.07 Å². The minimum atomic E-state index is -0.841. The number of anilines is 1. The molecule has 28 heavy (non-hydrogen) atoms. The second kappa shape index (κ2) is 10.7. The van der Waals surface area contributed by atoms with Crippen LogP contribution in [0.25, 0.3) is 0 Å². The number of nitrogens with zero attached hydrogens (tertiary/aromatic N) is 1. The Morgan fingerprint density at radius 3 is 2.57 bits per heavy atom. The molecule has 0 radical (unpaired) electrons. The molecule has 144 valence electrons. The van der Waals surface area contributed by atoms with Gasteiger partial charge in [0.25, 0.3) is 11.8 Å². The number of rotatable bonds is 8. The lowest BCUT2D eigenvalue weighted by atomic mass is 10.2. The maximum Gasteiger partial charge on any atom is 0.325 e. The number of thioether (sulfide) groups is 1. The largest absolute Gasteiger partial charge is 0.454 e. The average Bonchev–Trinajstić information content (AvgIpc) is 2.70. The van der Waals surface area contributed by atoms with E-state index in [9.17, 15) is 18.8 Å². The van der Waals surface area contributed by atoms with Crippen LogP contribution >= 0.6 is 11.8 Å². The number of esters is 1. The Morgan fingerprint density at radius 1 is 1.11 bits per heavy atom. The van der Waals surface area contributed by atoms with Crippen LogP contribution in [0.5, 0.6) is 0 Å². The Labute approximate surface area is 164 Å². The molecule has 0 bridgehead atoms. The second-order valence-electron chi connectivity index (χ2n) is 5.31. The Morgan fingerprint density at radius 2 is 1.82 bits per heavy atom. The number of nitriles is 1. The van der Waals surface area contributed by atoms with Gasteiger partial charge in [-0.3, -0.25) is 14.4 Å².